The number of pyridine rings is 1. The molecule has 0 aliphatic carbocycles. The fourth-order valence-corrected chi connectivity index (χ4v) is 4.66. The first-order valence-electron chi connectivity index (χ1n) is 13.3. The van der Waals surface area contributed by atoms with Gasteiger partial charge in [-0.3, -0.25) is 19.9 Å². The van der Waals surface area contributed by atoms with E-state index in [-0.39, 0.29) is 23.7 Å². The Morgan fingerprint density at radius 2 is 1.63 bits per heavy atom. The van der Waals surface area contributed by atoms with Gasteiger partial charge in [-0.1, -0.05) is 29.8 Å². The van der Waals surface area contributed by atoms with Crippen molar-refractivity contribution in [2.75, 3.05) is 36.1 Å². The summed E-state index contributed by atoms with van der Waals surface area (Å²) < 4.78 is 5.30. The molecule has 3 amide bonds. The third-order valence-corrected chi connectivity index (χ3v) is 6.64. The van der Waals surface area contributed by atoms with Crippen LogP contribution in [0.15, 0.2) is 72.9 Å². The Morgan fingerprint density at radius 3 is 2.27 bits per heavy atom. The second-order valence-electron chi connectivity index (χ2n) is 10.9. The number of amides is 3. The molecule has 214 valence electrons. The van der Waals surface area contributed by atoms with Crippen molar-refractivity contribution in [1.82, 2.24) is 9.88 Å². The monoisotopic (exact) mass is 575 g/mol. The maximum Gasteiger partial charge on any atom is 0.412 e. The molecule has 3 N–H and O–H groups in total. The second kappa shape index (κ2) is 13.0. The molecule has 0 spiro atoms. The molecule has 10 heteroatoms. The third-order valence-electron chi connectivity index (χ3n) is 6.39. The van der Waals surface area contributed by atoms with E-state index in [1.54, 1.807) is 81.6 Å². The van der Waals surface area contributed by atoms with Crippen molar-refractivity contribution in [1.29, 1.82) is 0 Å². The third kappa shape index (κ3) is 8.64. The topological polar surface area (TPSA) is 113 Å². The molecule has 1 aliphatic rings. The van der Waals surface area contributed by atoms with Crippen LogP contribution in [-0.4, -0.2) is 53.5 Å². The molecule has 3 aromatic rings. The van der Waals surface area contributed by atoms with E-state index in [1.807, 2.05) is 19.2 Å². The highest BCUT2D eigenvalue weighted by molar-refractivity contribution is 6.30. The number of nitrogens with zero attached hydrogens (tertiary/aromatic N) is 2. The van der Waals surface area contributed by atoms with Gasteiger partial charge in [-0.25, -0.2) is 4.79 Å². The lowest BCUT2D eigenvalue weighted by Gasteiger charge is -2.20. The zero-order valence-electron chi connectivity index (χ0n) is 23.5. The molecule has 1 aliphatic heterocycles. The standard InChI is InChI=1S/C31H34ClN5O4/c1-31(2,3)41-30(40)36-27-8-6-5-7-26(27)35-28(38)16-10-20-9-15-25(33-17-20)23-18-37(4)19-24(23)29(39)34-22-13-11-21(32)12-14-22/h5-17,23-24H,18-19H2,1-4H3,(H,34,39)(H,35,38)(H,36,40)/b16-10+/t23-,24-/m0/s1. The number of carbonyl (C=O) groups is 3. The fraction of sp³-hybridized carbons (Fsp3) is 0.290. The van der Waals surface area contributed by atoms with Crippen LogP contribution in [0.25, 0.3) is 6.08 Å². The maximum atomic E-state index is 13.1. The second-order valence-corrected chi connectivity index (χ2v) is 11.4. The van der Waals surface area contributed by atoms with Gasteiger partial charge in [-0.15, -0.1) is 0 Å². The van der Waals surface area contributed by atoms with Crippen LogP contribution < -0.4 is 16.0 Å². The number of anilines is 3. The molecule has 2 aromatic carbocycles. The minimum Gasteiger partial charge on any atom is -0.444 e. The Balaban J connectivity index is 1.37. The molecule has 1 saturated heterocycles. The van der Waals surface area contributed by atoms with E-state index in [1.165, 1.54) is 6.08 Å². The van der Waals surface area contributed by atoms with Crippen LogP contribution in [0.5, 0.6) is 0 Å². The number of para-hydroxylation sites is 2. The molecule has 41 heavy (non-hydrogen) atoms. The van der Waals surface area contributed by atoms with E-state index in [4.69, 9.17) is 16.3 Å². The van der Waals surface area contributed by atoms with Crippen molar-refractivity contribution in [2.45, 2.75) is 32.3 Å². The zero-order chi connectivity index (χ0) is 29.6. The molecule has 0 saturated carbocycles. The molecule has 2 atom stereocenters. The molecular weight excluding hydrogens is 542 g/mol. The van der Waals surface area contributed by atoms with Gasteiger partial charge in [-0.2, -0.15) is 0 Å². The van der Waals surface area contributed by atoms with Gasteiger partial charge in [0.05, 0.1) is 17.3 Å². The molecule has 0 bridgehead atoms. The Hall–Kier alpha value is -4.21. The normalized spacial score (nSPS) is 17.3. The number of aromatic nitrogens is 1. The number of likely N-dealkylation sites (tertiary alicyclic amines) is 1. The van der Waals surface area contributed by atoms with Crippen LogP contribution in [-0.2, 0) is 14.3 Å². The van der Waals surface area contributed by atoms with E-state index in [9.17, 15) is 14.4 Å². The average Bonchev–Trinajstić information content (AvgIpc) is 3.31. The Labute approximate surface area is 244 Å². The Kier molecular flexibility index (Phi) is 9.42. The summed E-state index contributed by atoms with van der Waals surface area (Å²) in [5.74, 6) is -0.762. The number of nitrogens with one attached hydrogen (secondary N) is 3. The van der Waals surface area contributed by atoms with Crippen LogP contribution >= 0.6 is 11.6 Å². The minimum atomic E-state index is -0.646. The van der Waals surface area contributed by atoms with Gasteiger partial charge >= 0.3 is 6.09 Å². The van der Waals surface area contributed by atoms with Crippen molar-refractivity contribution in [2.24, 2.45) is 5.92 Å². The molecular formula is C31H34ClN5O4. The number of likely N-dealkylation sites (N-methyl/N-ethyl adjacent to an activating group) is 1. The highest BCUT2D eigenvalue weighted by Crippen LogP contribution is 2.32. The minimum absolute atomic E-state index is 0.0643. The van der Waals surface area contributed by atoms with Gasteiger partial charge in [-0.05, 0) is 81.9 Å². The summed E-state index contributed by atoms with van der Waals surface area (Å²) in [7, 11) is 1.99. The lowest BCUT2D eigenvalue weighted by Crippen LogP contribution is -2.28. The largest absolute Gasteiger partial charge is 0.444 e. The number of ether oxygens (including phenoxy) is 1. The molecule has 1 aromatic heterocycles. The van der Waals surface area contributed by atoms with Crippen molar-refractivity contribution in [3.63, 3.8) is 0 Å². The van der Waals surface area contributed by atoms with E-state index < -0.39 is 11.7 Å². The highest BCUT2D eigenvalue weighted by atomic mass is 35.5. The number of halogens is 1. The summed E-state index contributed by atoms with van der Waals surface area (Å²) in [5.41, 5.74) is 2.46. The first-order valence-corrected chi connectivity index (χ1v) is 13.6. The van der Waals surface area contributed by atoms with Crippen molar-refractivity contribution in [3.05, 3.63) is 89.2 Å². The van der Waals surface area contributed by atoms with Gasteiger partial charge in [0.2, 0.25) is 11.8 Å². The van der Waals surface area contributed by atoms with Crippen LogP contribution in [0.3, 0.4) is 0 Å². The number of hydrogen-bond acceptors (Lipinski definition) is 6. The van der Waals surface area contributed by atoms with Crippen LogP contribution in [0.4, 0.5) is 21.9 Å². The highest BCUT2D eigenvalue weighted by Gasteiger charge is 2.37. The van der Waals surface area contributed by atoms with Crippen molar-refractivity contribution in [3.8, 4) is 0 Å². The quantitative estimate of drug-likeness (QED) is 0.297. The Morgan fingerprint density at radius 1 is 0.951 bits per heavy atom. The van der Waals surface area contributed by atoms with E-state index in [2.05, 4.69) is 25.8 Å². The van der Waals surface area contributed by atoms with Gasteiger partial charge in [0.1, 0.15) is 5.60 Å². The molecule has 2 heterocycles. The molecule has 9 nitrogen and oxygen atoms in total. The molecule has 0 radical (unpaired) electrons. The maximum absolute atomic E-state index is 13.1. The Bertz CT molecular complexity index is 1420. The number of benzene rings is 2. The number of hydrogen-bond donors (Lipinski definition) is 3. The van der Waals surface area contributed by atoms with E-state index >= 15 is 0 Å². The first kappa shape index (κ1) is 29.8. The van der Waals surface area contributed by atoms with Gasteiger partial charge in [0, 0.05) is 47.7 Å². The van der Waals surface area contributed by atoms with Gasteiger partial charge in [0.25, 0.3) is 0 Å². The summed E-state index contributed by atoms with van der Waals surface area (Å²) in [6.07, 6.45) is 4.12. The van der Waals surface area contributed by atoms with E-state index in [0.29, 0.717) is 35.2 Å². The summed E-state index contributed by atoms with van der Waals surface area (Å²) in [6.45, 7) is 6.65. The predicted octanol–water partition coefficient (Wildman–Crippen LogP) is 6.02. The predicted molar refractivity (Wildman–Crippen MR) is 162 cm³/mol. The SMILES string of the molecule is CN1C[C@H](C(=O)Nc2ccc(Cl)cc2)[C@@H](c2ccc(/C=C/C(=O)Nc3ccccc3NC(=O)OC(C)(C)C)cn2)C1. The van der Waals surface area contributed by atoms with Crippen LogP contribution in [0.1, 0.15) is 37.9 Å². The first-order chi connectivity index (χ1) is 19.5. The van der Waals surface area contributed by atoms with Gasteiger partial charge < -0.3 is 20.3 Å². The van der Waals surface area contributed by atoms with E-state index in [0.717, 1.165) is 11.3 Å². The molecule has 1 fully saturated rings. The summed E-state index contributed by atoms with van der Waals surface area (Å²) in [5, 5.41) is 9.03. The lowest BCUT2D eigenvalue weighted by molar-refractivity contribution is -0.120. The summed E-state index contributed by atoms with van der Waals surface area (Å²) in [6, 6.07) is 17.7. The van der Waals surface area contributed by atoms with Gasteiger partial charge in [0.15, 0.2) is 0 Å². The molecule has 4 rings (SSSR count). The fourth-order valence-electron chi connectivity index (χ4n) is 4.53. The average molecular weight is 576 g/mol. The lowest BCUT2D eigenvalue weighted by atomic mass is 9.91. The van der Waals surface area contributed by atoms with Crippen molar-refractivity contribution >= 4 is 52.6 Å². The zero-order valence-corrected chi connectivity index (χ0v) is 24.2. The molecule has 0 unspecified atom stereocenters. The summed E-state index contributed by atoms with van der Waals surface area (Å²) >= 11 is 5.95. The van der Waals surface area contributed by atoms with Crippen molar-refractivity contribution < 1.29 is 19.1 Å². The number of rotatable bonds is 7. The van der Waals surface area contributed by atoms with Crippen LogP contribution in [0.2, 0.25) is 5.02 Å². The van der Waals surface area contributed by atoms with Crippen LogP contribution in [0, 0.1) is 5.92 Å². The smallest absolute Gasteiger partial charge is 0.412 e. The summed E-state index contributed by atoms with van der Waals surface area (Å²) in [4.78, 5) is 44.6. The number of carbonyl (C=O) groups excluding carboxylic acids is 3.